The summed E-state index contributed by atoms with van der Waals surface area (Å²) in [6.07, 6.45) is 3.37. The van der Waals surface area contributed by atoms with E-state index in [-0.39, 0.29) is 36.1 Å². The molecule has 0 amide bonds. The molecule has 4 rings (SSSR count). The molecule has 1 aromatic heterocycles. The van der Waals surface area contributed by atoms with E-state index in [1.807, 2.05) is 24.4 Å². The van der Waals surface area contributed by atoms with E-state index >= 15 is 0 Å². The maximum absolute atomic E-state index is 9.03. The zero-order valence-electron chi connectivity index (χ0n) is 18.2. The van der Waals surface area contributed by atoms with Crippen LogP contribution < -0.4 is 11.5 Å². The van der Waals surface area contributed by atoms with Crippen molar-refractivity contribution >= 4 is 42.3 Å². The second-order valence-electron chi connectivity index (χ2n) is 8.52. The van der Waals surface area contributed by atoms with Gasteiger partial charge >= 0.3 is 0 Å². The third-order valence-corrected chi connectivity index (χ3v) is 5.47. The van der Waals surface area contributed by atoms with Crippen molar-refractivity contribution in [3.63, 3.8) is 0 Å². The number of aromatic nitrogens is 2. The van der Waals surface area contributed by atoms with E-state index in [9.17, 15) is 0 Å². The van der Waals surface area contributed by atoms with Gasteiger partial charge in [0.25, 0.3) is 0 Å². The van der Waals surface area contributed by atoms with Crippen LogP contribution in [0.25, 0.3) is 11.3 Å². The van der Waals surface area contributed by atoms with Gasteiger partial charge in [-0.05, 0) is 29.4 Å². The predicted molar refractivity (Wildman–Crippen MR) is 134 cm³/mol. The molecule has 0 bridgehead atoms. The summed E-state index contributed by atoms with van der Waals surface area (Å²) >= 11 is 0. The summed E-state index contributed by atoms with van der Waals surface area (Å²) in [5, 5.41) is 16.9. The monoisotopic (exact) mass is 474 g/mol. The van der Waals surface area contributed by atoms with Gasteiger partial charge < -0.3 is 16.7 Å². The fourth-order valence-electron chi connectivity index (χ4n) is 3.78. The van der Waals surface area contributed by atoms with Crippen LogP contribution in [0.4, 0.5) is 5.95 Å². The van der Waals surface area contributed by atoms with E-state index in [0.717, 1.165) is 46.5 Å². The average Bonchev–Trinajstić information content (AvgIpc) is 3.31. The summed E-state index contributed by atoms with van der Waals surface area (Å²) in [7, 11) is 0. The van der Waals surface area contributed by atoms with Crippen LogP contribution in [0.1, 0.15) is 49.4 Å². The van der Waals surface area contributed by atoms with Crippen LogP contribution in [-0.4, -0.2) is 26.4 Å². The minimum atomic E-state index is 0. The molecule has 1 aliphatic carbocycles. The zero-order valence-corrected chi connectivity index (χ0v) is 19.9. The molecule has 0 aliphatic heterocycles. The van der Waals surface area contributed by atoms with Gasteiger partial charge in [-0.1, -0.05) is 68.4 Å². The highest BCUT2D eigenvalue weighted by Crippen LogP contribution is 2.28. The number of halogens is 2. The number of nitrogens with two attached hydrogens (primary N) is 2. The van der Waals surface area contributed by atoms with Gasteiger partial charge in [-0.3, -0.25) is 0 Å². The molecule has 0 atom stereocenters. The molecule has 0 saturated carbocycles. The molecule has 1 aliphatic rings. The van der Waals surface area contributed by atoms with Crippen LogP contribution in [0.3, 0.4) is 0 Å². The van der Waals surface area contributed by atoms with E-state index < -0.39 is 0 Å². The fourth-order valence-corrected chi connectivity index (χ4v) is 3.78. The van der Waals surface area contributed by atoms with Crippen molar-refractivity contribution in [3.8, 4) is 11.3 Å². The molecule has 3 aromatic rings. The minimum Gasteiger partial charge on any atom is -0.409 e. The Morgan fingerprint density at radius 3 is 2.38 bits per heavy atom. The first-order valence-corrected chi connectivity index (χ1v) is 9.91. The van der Waals surface area contributed by atoms with Gasteiger partial charge in [-0.25, -0.2) is 9.66 Å². The second kappa shape index (κ2) is 9.63. The lowest BCUT2D eigenvalue weighted by Crippen LogP contribution is -2.15. The summed E-state index contributed by atoms with van der Waals surface area (Å²) in [4.78, 5) is 4.49. The molecule has 0 fully saturated rings. The molecule has 0 unspecified atom stereocenters. The fraction of sp³-hybridized carbons (Fsp3) is 0.261. The largest absolute Gasteiger partial charge is 0.409 e. The number of nitrogen functional groups attached to an aromatic ring is 1. The van der Waals surface area contributed by atoms with Crippen LogP contribution in [0.5, 0.6) is 0 Å². The van der Waals surface area contributed by atoms with Crippen LogP contribution in [0, 0.1) is 0 Å². The molecule has 1 heterocycles. The molecule has 0 saturated heterocycles. The lowest BCUT2D eigenvalue weighted by molar-refractivity contribution is 0.318. The van der Waals surface area contributed by atoms with Gasteiger partial charge in [-0.2, -0.15) is 5.10 Å². The summed E-state index contributed by atoms with van der Waals surface area (Å²) in [5.41, 5.74) is 18.8. The van der Waals surface area contributed by atoms with Crippen LogP contribution >= 0.6 is 24.8 Å². The van der Waals surface area contributed by atoms with Crippen LogP contribution in [0.15, 0.2) is 58.9 Å². The Morgan fingerprint density at radius 2 is 1.75 bits per heavy atom. The maximum Gasteiger partial charge on any atom is 0.221 e. The number of hydrogen-bond acceptors (Lipinski definition) is 5. The van der Waals surface area contributed by atoms with Crippen LogP contribution in [-0.2, 0) is 11.8 Å². The van der Waals surface area contributed by atoms with Crippen molar-refractivity contribution in [1.29, 1.82) is 0 Å². The summed E-state index contributed by atoms with van der Waals surface area (Å²) in [6.45, 7) is 6.57. The van der Waals surface area contributed by atoms with Gasteiger partial charge in [0.05, 0.1) is 17.6 Å². The van der Waals surface area contributed by atoms with E-state index in [2.05, 4.69) is 55.2 Å². The van der Waals surface area contributed by atoms with Gasteiger partial charge in [0.15, 0.2) is 5.84 Å². The molecule has 32 heavy (non-hydrogen) atoms. The van der Waals surface area contributed by atoms with Gasteiger partial charge in [0.2, 0.25) is 5.95 Å². The number of oxime groups is 1. The smallest absolute Gasteiger partial charge is 0.221 e. The molecule has 5 N–H and O–H groups in total. The maximum atomic E-state index is 9.03. The Hall–Kier alpha value is -3.03. The number of anilines is 1. The quantitative estimate of drug-likeness (QED) is 0.223. The Kier molecular flexibility index (Phi) is 7.59. The third-order valence-electron chi connectivity index (χ3n) is 5.47. The van der Waals surface area contributed by atoms with Gasteiger partial charge in [-0.15, -0.1) is 24.8 Å². The number of imidazole rings is 1. The lowest BCUT2D eigenvalue weighted by atomic mass is 9.86. The molecule has 2 aromatic carbocycles. The number of fused-ring (bicyclic) bond motifs is 1. The predicted octanol–water partition coefficient (Wildman–Crippen LogP) is 4.57. The number of rotatable bonds is 3. The van der Waals surface area contributed by atoms with Crippen molar-refractivity contribution in [2.45, 2.75) is 39.0 Å². The molecule has 0 radical (unpaired) electrons. The van der Waals surface area contributed by atoms with Crippen LogP contribution in [0.2, 0.25) is 0 Å². The van der Waals surface area contributed by atoms with E-state index in [0.29, 0.717) is 5.95 Å². The molecule has 170 valence electrons. The van der Waals surface area contributed by atoms with Crippen molar-refractivity contribution < 1.29 is 5.21 Å². The van der Waals surface area contributed by atoms with Crippen molar-refractivity contribution in [2.24, 2.45) is 16.0 Å². The Morgan fingerprint density at radius 1 is 1.06 bits per heavy atom. The first-order chi connectivity index (χ1) is 14.3. The highest BCUT2D eigenvalue weighted by atomic mass is 35.5. The summed E-state index contributed by atoms with van der Waals surface area (Å²) in [5.74, 6) is 0.440. The Labute approximate surface area is 200 Å². The third kappa shape index (κ3) is 4.74. The minimum absolute atomic E-state index is 0. The SMILES string of the molecule is CC(C)(C)c1ccc(-c2cn(N=C3CCc4c3cccc4/C(N)=N/O)c(N)n2)cc1.Cl.Cl. The number of nitrogens with zero attached hydrogens (tertiary/aromatic N) is 4. The molecular weight excluding hydrogens is 447 g/mol. The normalized spacial score (nSPS) is 14.6. The topological polar surface area (TPSA) is 115 Å². The zero-order chi connectivity index (χ0) is 21.5. The standard InChI is InChI=1S/C23H26N6O.2ClH/c1-23(2,3)15-9-7-14(8-10-15)20-13-29(22(25)26-20)27-19-12-11-16-17(19)5-4-6-18(16)21(24)28-30;;/h4-10,13,30H,11-12H2,1-3H3,(H2,24,28)(H2,25,26);2*1H. The first-order valence-electron chi connectivity index (χ1n) is 9.91. The summed E-state index contributed by atoms with van der Waals surface area (Å²) < 4.78 is 1.62. The number of benzene rings is 2. The molecule has 7 nitrogen and oxygen atoms in total. The second-order valence-corrected chi connectivity index (χ2v) is 8.52. The number of hydrogen-bond donors (Lipinski definition) is 3. The van der Waals surface area contributed by atoms with Crippen molar-refractivity contribution in [3.05, 3.63) is 70.9 Å². The van der Waals surface area contributed by atoms with Crippen molar-refractivity contribution in [2.75, 3.05) is 5.73 Å². The molecule has 0 spiro atoms. The average molecular weight is 475 g/mol. The van der Waals surface area contributed by atoms with Crippen molar-refractivity contribution in [1.82, 2.24) is 9.66 Å². The number of amidine groups is 1. The lowest BCUT2D eigenvalue weighted by Gasteiger charge is -2.18. The highest BCUT2D eigenvalue weighted by Gasteiger charge is 2.23. The molecule has 9 heteroatoms. The highest BCUT2D eigenvalue weighted by molar-refractivity contribution is 6.09. The van der Waals surface area contributed by atoms with E-state index in [4.69, 9.17) is 21.8 Å². The molecular formula is C23H28Cl2N6O. The summed E-state index contributed by atoms with van der Waals surface area (Å²) in [6, 6.07) is 14.1. The van der Waals surface area contributed by atoms with Gasteiger partial charge in [0.1, 0.15) is 0 Å². The first kappa shape index (κ1) is 25.2. The van der Waals surface area contributed by atoms with Gasteiger partial charge in [0, 0.05) is 16.7 Å². The van der Waals surface area contributed by atoms with E-state index in [1.54, 1.807) is 4.68 Å². The van der Waals surface area contributed by atoms with E-state index in [1.165, 1.54) is 5.56 Å². The Balaban J connectivity index is 0.00000181. The Bertz CT molecular complexity index is 1160.